The van der Waals surface area contributed by atoms with Crippen LogP contribution in [0.25, 0.3) is 23.1 Å². The average molecular weight is 348 g/mol. The number of carboxylic acid groups (broad SMARTS) is 1. The molecule has 1 heterocycles. The molecule has 0 saturated heterocycles. The Morgan fingerprint density at radius 3 is 2.58 bits per heavy atom. The molecule has 132 valence electrons. The molecule has 0 fully saturated rings. The van der Waals surface area contributed by atoms with Gasteiger partial charge in [0, 0.05) is 5.56 Å². The van der Waals surface area contributed by atoms with E-state index in [-0.39, 0.29) is 11.0 Å². The Balaban J connectivity index is 2.15. The highest BCUT2D eigenvalue weighted by Gasteiger charge is 2.13. The van der Waals surface area contributed by atoms with Crippen molar-refractivity contribution < 1.29 is 14.3 Å². The van der Waals surface area contributed by atoms with Crippen LogP contribution in [0.15, 0.2) is 45.6 Å². The second-order valence-corrected chi connectivity index (χ2v) is 6.34. The molecule has 0 aliphatic rings. The fourth-order valence-corrected chi connectivity index (χ4v) is 2.96. The van der Waals surface area contributed by atoms with Gasteiger partial charge in [0.05, 0.1) is 10.9 Å². The van der Waals surface area contributed by atoms with Crippen LogP contribution in [0.3, 0.4) is 0 Å². The highest BCUT2D eigenvalue weighted by Crippen LogP contribution is 2.21. The van der Waals surface area contributed by atoms with Gasteiger partial charge in [0.25, 0.3) is 0 Å². The number of hydrogen-bond donors (Lipinski definition) is 1. The number of aromatic carboxylic acids is 1. The van der Waals surface area contributed by atoms with E-state index in [0.717, 1.165) is 16.7 Å². The Morgan fingerprint density at radius 2 is 1.88 bits per heavy atom. The van der Waals surface area contributed by atoms with E-state index in [1.165, 1.54) is 18.2 Å². The van der Waals surface area contributed by atoms with Gasteiger partial charge in [-0.1, -0.05) is 36.8 Å². The molecule has 26 heavy (non-hydrogen) atoms. The van der Waals surface area contributed by atoms with Crippen molar-refractivity contribution in [2.24, 2.45) is 0 Å². The second-order valence-electron chi connectivity index (χ2n) is 6.34. The van der Waals surface area contributed by atoms with E-state index in [1.54, 1.807) is 0 Å². The molecular formula is C22H20O4. The molecule has 0 unspecified atom stereocenters. The van der Waals surface area contributed by atoms with E-state index in [4.69, 9.17) is 9.52 Å². The Bertz CT molecular complexity index is 1090. The third-order valence-electron chi connectivity index (χ3n) is 4.47. The minimum Gasteiger partial charge on any atom is -0.478 e. The quantitative estimate of drug-likeness (QED) is 0.732. The normalized spacial score (nSPS) is 11.3. The molecule has 0 aliphatic carbocycles. The zero-order valence-corrected chi connectivity index (χ0v) is 15.0. The van der Waals surface area contributed by atoms with Crippen molar-refractivity contribution in [3.05, 3.63) is 80.2 Å². The van der Waals surface area contributed by atoms with Crippen LogP contribution >= 0.6 is 0 Å². The van der Waals surface area contributed by atoms with Crippen molar-refractivity contribution in [1.82, 2.24) is 0 Å². The van der Waals surface area contributed by atoms with Crippen molar-refractivity contribution in [2.75, 3.05) is 0 Å². The maximum Gasteiger partial charge on any atom is 0.335 e. The number of benzene rings is 2. The van der Waals surface area contributed by atoms with Crippen LogP contribution in [0.1, 0.15) is 45.3 Å². The number of aryl methyl sites for hydroxylation is 2. The summed E-state index contributed by atoms with van der Waals surface area (Å²) in [7, 11) is 0. The van der Waals surface area contributed by atoms with Crippen molar-refractivity contribution in [3.63, 3.8) is 0 Å². The van der Waals surface area contributed by atoms with Crippen LogP contribution in [0.2, 0.25) is 0 Å². The van der Waals surface area contributed by atoms with Crippen molar-refractivity contribution in [3.8, 4) is 0 Å². The van der Waals surface area contributed by atoms with Gasteiger partial charge in [-0.25, -0.2) is 4.79 Å². The number of carboxylic acids is 1. The first-order valence-corrected chi connectivity index (χ1v) is 8.49. The Morgan fingerprint density at radius 1 is 1.12 bits per heavy atom. The monoisotopic (exact) mass is 348 g/mol. The number of rotatable bonds is 4. The molecule has 3 rings (SSSR count). The summed E-state index contributed by atoms with van der Waals surface area (Å²) in [5, 5.41) is 9.43. The molecule has 3 aromatic rings. The maximum atomic E-state index is 12.8. The van der Waals surface area contributed by atoms with Gasteiger partial charge in [0.15, 0.2) is 5.43 Å². The summed E-state index contributed by atoms with van der Waals surface area (Å²) in [4.78, 5) is 24.0. The zero-order chi connectivity index (χ0) is 18.8. The topological polar surface area (TPSA) is 67.5 Å². The first-order chi connectivity index (χ1) is 12.4. The maximum absolute atomic E-state index is 12.8. The van der Waals surface area contributed by atoms with Crippen LogP contribution < -0.4 is 5.43 Å². The van der Waals surface area contributed by atoms with Crippen LogP contribution in [0.4, 0.5) is 0 Å². The Kier molecular flexibility index (Phi) is 4.76. The molecule has 4 nitrogen and oxygen atoms in total. The van der Waals surface area contributed by atoms with Gasteiger partial charge in [-0.05, 0) is 55.7 Å². The molecule has 4 heteroatoms. The van der Waals surface area contributed by atoms with Crippen LogP contribution in [0.5, 0.6) is 0 Å². The van der Waals surface area contributed by atoms with E-state index in [0.29, 0.717) is 28.7 Å². The highest BCUT2D eigenvalue weighted by atomic mass is 16.4. The van der Waals surface area contributed by atoms with E-state index in [2.05, 4.69) is 18.2 Å². The van der Waals surface area contributed by atoms with Gasteiger partial charge in [-0.3, -0.25) is 4.79 Å². The summed E-state index contributed by atoms with van der Waals surface area (Å²) >= 11 is 0. The van der Waals surface area contributed by atoms with Crippen LogP contribution in [-0.4, -0.2) is 11.1 Å². The standard InChI is InChI=1S/C22H20O4/c1-4-17-19(9-7-15-11-13(2)5-6-14(15)3)26-20-10-8-16(22(24)25)12-18(20)21(17)23/h5-12H,4H2,1-3H3,(H,24,25). The first kappa shape index (κ1) is 17.7. The lowest BCUT2D eigenvalue weighted by Gasteiger charge is -2.07. The first-order valence-electron chi connectivity index (χ1n) is 8.49. The van der Waals surface area contributed by atoms with Crippen molar-refractivity contribution in [2.45, 2.75) is 27.2 Å². The molecule has 0 saturated carbocycles. The SMILES string of the molecule is CCc1c(C=Cc2cc(C)ccc2C)oc2ccc(C(=O)O)cc2c1=O. The third-order valence-corrected chi connectivity index (χ3v) is 4.47. The highest BCUT2D eigenvalue weighted by molar-refractivity contribution is 5.93. The summed E-state index contributed by atoms with van der Waals surface area (Å²) in [6.07, 6.45) is 4.26. The predicted octanol–water partition coefficient (Wildman–Crippen LogP) is 4.84. The molecule has 1 N–H and O–H groups in total. The molecule has 0 aliphatic heterocycles. The minimum atomic E-state index is -1.07. The number of hydrogen-bond acceptors (Lipinski definition) is 3. The lowest BCUT2D eigenvalue weighted by molar-refractivity contribution is 0.0697. The van der Waals surface area contributed by atoms with E-state index in [9.17, 15) is 9.59 Å². The van der Waals surface area contributed by atoms with Gasteiger partial charge in [-0.15, -0.1) is 0 Å². The van der Waals surface area contributed by atoms with E-state index in [1.807, 2.05) is 32.9 Å². The minimum absolute atomic E-state index is 0.0746. The van der Waals surface area contributed by atoms with E-state index < -0.39 is 5.97 Å². The molecule has 0 atom stereocenters. The lowest BCUT2D eigenvalue weighted by atomic mass is 10.0. The van der Waals surface area contributed by atoms with Gasteiger partial charge >= 0.3 is 5.97 Å². The number of carbonyl (C=O) groups is 1. The predicted molar refractivity (Wildman–Crippen MR) is 104 cm³/mol. The molecule has 2 aromatic carbocycles. The second kappa shape index (κ2) is 7.00. The fraction of sp³-hybridized carbons (Fsp3) is 0.182. The van der Waals surface area contributed by atoms with Crippen LogP contribution in [0, 0.1) is 13.8 Å². The van der Waals surface area contributed by atoms with Crippen molar-refractivity contribution in [1.29, 1.82) is 0 Å². The fourth-order valence-electron chi connectivity index (χ4n) is 2.96. The van der Waals surface area contributed by atoms with Crippen molar-refractivity contribution >= 4 is 29.1 Å². The summed E-state index contributed by atoms with van der Waals surface area (Å²) in [5.74, 6) is -0.558. The summed E-state index contributed by atoms with van der Waals surface area (Å²) < 4.78 is 5.91. The van der Waals surface area contributed by atoms with Gasteiger partial charge in [0.1, 0.15) is 11.3 Å². The smallest absolute Gasteiger partial charge is 0.335 e. The number of fused-ring (bicyclic) bond motifs is 1. The zero-order valence-electron chi connectivity index (χ0n) is 15.0. The Hall–Kier alpha value is -3.14. The largest absolute Gasteiger partial charge is 0.478 e. The van der Waals surface area contributed by atoms with Gasteiger partial charge in [-0.2, -0.15) is 0 Å². The van der Waals surface area contributed by atoms with Gasteiger partial charge < -0.3 is 9.52 Å². The summed E-state index contributed by atoms with van der Waals surface area (Å²) in [6, 6.07) is 10.5. The third kappa shape index (κ3) is 3.31. The lowest BCUT2D eigenvalue weighted by Crippen LogP contribution is -2.11. The Labute approximate surface area is 151 Å². The average Bonchev–Trinajstić information content (AvgIpc) is 2.62. The van der Waals surface area contributed by atoms with Gasteiger partial charge in [0.2, 0.25) is 0 Å². The molecular weight excluding hydrogens is 328 g/mol. The molecule has 0 amide bonds. The molecule has 0 bridgehead atoms. The van der Waals surface area contributed by atoms with Crippen LogP contribution in [-0.2, 0) is 6.42 Å². The molecule has 0 radical (unpaired) electrons. The summed E-state index contributed by atoms with van der Waals surface area (Å²) in [5.41, 5.74) is 4.18. The van der Waals surface area contributed by atoms with E-state index >= 15 is 0 Å². The molecule has 1 aromatic heterocycles. The molecule has 0 spiro atoms. The summed E-state index contributed by atoms with van der Waals surface area (Å²) in [6.45, 7) is 5.95.